The molecule has 0 aliphatic carbocycles. The van der Waals surface area contributed by atoms with Crippen LogP contribution in [0.5, 0.6) is 0 Å². The number of aryl methyl sites for hydroxylation is 1. The summed E-state index contributed by atoms with van der Waals surface area (Å²) in [6, 6.07) is 5.86. The van der Waals surface area contributed by atoms with Gasteiger partial charge in [-0.25, -0.2) is 19.2 Å². The third kappa shape index (κ3) is 6.13. The molecule has 1 amide bonds. The number of carbonyl (C=O) groups excluding carboxylic acids is 3. The van der Waals surface area contributed by atoms with Gasteiger partial charge in [-0.2, -0.15) is 0 Å². The summed E-state index contributed by atoms with van der Waals surface area (Å²) in [5, 5.41) is 0. The maximum atomic E-state index is 13.8. The van der Waals surface area contributed by atoms with E-state index in [-0.39, 0.29) is 17.2 Å². The maximum Gasteiger partial charge on any atom is 0.405 e. The van der Waals surface area contributed by atoms with Gasteiger partial charge in [0.25, 0.3) is 0 Å². The van der Waals surface area contributed by atoms with Crippen LogP contribution in [-0.2, 0) is 16.0 Å². The number of benzene rings is 1. The lowest BCUT2D eigenvalue weighted by atomic mass is 9.83. The zero-order chi connectivity index (χ0) is 24.9. The first-order chi connectivity index (χ1) is 16.1. The van der Waals surface area contributed by atoms with Crippen LogP contribution in [-0.4, -0.2) is 33.2 Å². The van der Waals surface area contributed by atoms with Gasteiger partial charge in [-0.15, -0.1) is 11.3 Å². The van der Waals surface area contributed by atoms with Crippen molar-refractivity contribution in [2.24, 2.45) is 5.73 Å². The van der Waals surface area contributed by atoms with Gasteiger partial charge < -0.3 is 19.7 Å². The van der Waals surface area contributed by atoms with E-state index in [1.165, 1.54) is 42.2 Å². The third-order valence-electron chi connectivity index (χ3n) is 5.24. The molecule has 8 nitrogen and oxygen atoms in total. The molecule has 0 aliphatic heterocycles. The second kappa shape index (κ2) is 10.7. The van der Waals surface area contributed by atoms with E-state index in [2.05, 4.69) is 9.97 Å². The van der Waals surface area contributed by atoms with Gasteiger partial charge in [0.1, 0.15) is 35.1 Å². The highest BCUT2D eigenvalue weighted by Gasteiger charge is 2.43. The van der Waals surface area contributed by atoms with Gasteiger partial charge >= 0.3 is 6.09 Å². The van der Waals surface area contributed by atoms with Gasteiger partial charge in [-0.05, 0) is 51.3 Å². The van der Waals surface area contributed by atoms with Crippen molar-refractivity contribution in [1.29, 1.82) is 0 Å². The quantitative estimate of drug-likeness (QED) is 0.295. The Morgan fingerprint density at radius 2 is 2.03 bits per heavy atom. The molecule has 2 aromatic heterocycles. The molecule has 0 saturated carbocycles. The number of nitrogens with zero attached hydrogens (tertiary/aromatic N) is 2. The summed E-state index contributed by atoms with van der Waals surface area (Å²) in [5.41, 5.74) is 6.25. The molecular weight excluding hydrogens is 461 g/mol. The summed E-state index contributed by atoms with van der Waals surface area (Å²) in [5.74, 6) is -1.48. The van der Waals surface area contributed by atoms with Gasteiger partial charge in [0.2, 0.25) is 0 Å². The molecule has 34 heavy (non-hydrogen) atoms. The minimum Gasteiger partial charge on any atom is -0.449 e. The first-order valence-corrected chi connectivity index (χ1v) is 11.6. The number of rotatable bonds is 11. The summed E-state index contributed by atoms with van der Waals surface area (Å²) in [6.45, 7) is 4.64. The number of nitrogens with two attached hydrogens (primary N) is 1. The van der Waals surface area contributed by atoms with Crippen molar-refractivity contribution < 1.29 is 27.9 Å². The number of carbonyl (C=O) groups is 3. The molecule has 2 N–H and O–H groups in total. The van der Waals surface area contributed by atoms with Crippen LogP contribution in [0.2, 0.25) is 0 Å². The number of unbranched alkanes of at least 4 members (excludes halogenated alkanes) is 1. The second-order valence-corrected chi connectivity index (χ2v) is 9.29. The van der Waals surface area contributed by atoms with Crippen LogP contribution in [0.25, 0.3) is 10.4 Å². The first kappa shape index (κ1) is 25.2. The molecule has 0 bridgehead atoms. The maximum absolute atomic E-state index is 13.8. The Labute approximate surface area is 200 Å². The van der Waals surface area contributed by atoms with E-state index >= 15 is 0 Å². The lowest BCUT2D eigenvalue weighted by Crippen LogP contribution is -2.41. The average molecular weight is 488 g/mol. The van der Waals surface area contributed by atoms with E-state index in [9.17, 15) is 18.8 Å². The summed E-state index contributed by atoms with van der Waals surface area (Å²) >= 11 is 1.20. The smallest absolute Gasteiger partial charge is 0.405 e. The number of aromatic nitrogens is 2. The number of ketones is 2. The number of hydrogen-bond acceptors (Lipinski definition) is 8. The van der Waals surface area contributed by atoms with Crippen LogP contribution in [0.4, 0.5) is 9.18 Å². The molecule has 0 aliphatic rings. The number of thiazole rings is 1. The molecule has 2 heterocycles. The fourth-order valence-electron chi connectivity index (χ4n) is 3.74. The van der Waals surface area contributed by atoms with E-state index in [4.69, 9.17) is 14.9 Å². The zero-order valence-electron chi connectivity index (χ0n) is 19.2. The molecule has 1 aromatic carbocycles. The summed E-state index contributed by atoms with van der Waals surface area (Å²) in [6.07, 6.45) is 2.65. The van der Waals surface area contributed by atoms with Crippen LogP contribution in [0, 0.1) is 5.82 Å². The topological polar surface area (TPSA) is 125 Å². The number of hydrogen-bond donors (Lipinski definition) is 1. The third-order valence-corrected chi connectivity index (χ3v) is 6.12. The highest BCUT2D eigenvalue weighted by Crippen LogP contribution is 2.38. The van der Waals surface area contributed by atoms with Gasteiger partial charge in [0, 0.05) is 12.8 Å². The Morgan fingerprint density at radius 1 is 1.26 bits per heavy atom. The van der Waals surface area contributed by atoms with Crippen LogP contribution in [0.3, 0.4) is 0 Å². The van der Waals surface area contributed by atoms with Crippen molar-refractivity contribution >= 4 is 29.0 Å². The van der Waals surface area contributed by atoms with Gasteiger partial charge in [-0.1, -0.05) is 12.1 Å². The monoisotopic (exact) mass is 487 g/mol. The highest BCUT2D eigenvalue weighted by molar-refractivity contribution is 7.13. The molecule has 0 spiro atoms. The minimum absolute atomic E-state index is 0.104. The van der Waals surface area contributed by atoms with E-state index in [1.54, 1.807) is 26.0 Å². The molecule has 1 atom stereocenters. The van der Waals surface area contributed by atoms with E-state index in [0.29, 0.717) is 42.0 Å². The van der Waals surface area contributed by atoms with E-state index in [0.717, 1.165) is 0 Å². The summed E-state index contributed by atoms with van der Waals surface area (Å²) < 4.78 is 24.7. The molecule has 3 rings (SSSR count). The predicted octanol–water partition coefficient (Wildman–Crippen LogP) is 5.08. The second-order valence-electron chi connectivity index (χ2n) is 8.44. The lowest BCUT2D eigenvalue weighted by molar-refractivity contribution is -0.117. The Morgan fingerprint density at radius 3 is 2.71 bits per heavy atom. The van der Waals surface area contributed by atoms with Crippen molar-refractivity contribution in [3.05, 3.63) is 59.1 Å². The number of oxazole rings is 1. The Bertz CT molecular complexity index is 1190. The fourth-order valence-corrected chi connectivity index (χ4v) is 4.53. The van der Waals surface area contributed by atoms with Crippen molar-refractivity contribution in [2.75, 3.05) is 0 Å². The minimum atomic E-state index is -1.38. The summed E-state index contributed by atoms with van der Waals surface area (Å²) in [4.78, 5) is 45.6. The zero-order valence-corrected chi connectivity index (χ0v) is 20.0. The van der Waals surface area contributed by atoms with Crippen molar-refractivity contribution in [3.8, 4) is 10.4 Å². The molecule has 0 fully saturated rings. The number of halogens is 1. The normalized spacial score (nSPS) is 12.4. The van der Waals surface area contributed by atoms with Crippen LogP contribution in [0.15, 0.2) is 40.5 Å². The van der Waals surface area contributed by atoms with Crippen LogP contribution in [0.1, 0.15) is 68.0 Å². The average Bonchev–Trinajstić information content (AvgIpc) is 3.40. The molecule has 0 radical (unpaired) electrons. The number of ether oxygens (including phenoxy) is 1. The van der Waals surface area contributed by atoms with Crippen LogP contribution < -0.4 is 5.73 Å². The number of Topliss-reactive ketones (excluding diaryl/α,β-unsaturated/α-hetero) is 2. The fraction of sp³-hybridized carbons (Fsp3) is 0.375. The summed E-state index contributed by atoms with van der Waals surface area (Å²) in [7, 11) is 0. The predicted molar refractivity (Wildman–Crippen MR) is 124 cm³/mol. The molecule has 10 heteroatoms. The molecule has 3 aromatic rings. The Hall–Kier alpha value is -3.40. The number of amides is 1. The molecular formula is C24H26FN3O5S. The number of primary amides is 1. The Balaban J connectivity index is 1.94. The van der Waals surface area contributed by atoms with E-state index in [1.807, 2.05) is 0 Å². The van der Waals surface area contributed by atoms with Gasteiger partial charge in [0.15, 0.2) is 11.7 Å². The highest BCUT2D eigenvalue weighted by atomic mass is 32.1. The van der Waals surface area contributed by atoms with Gasteiger partial charge in [-0.3, -0.25) is 4.79 Å². The molecule has 0 saturated heterocycles. The standard InChI is InChI=1S/C24H26FN3O5S/c1-14(29)7-4-5-10-18-28-17(12-32-18)19(24(2,3)33-23(26)31)21(30)20-22(34-13-27-20)15-8-6-9-16(25)11-15/h6,8-9,11-13,19H,4-5,7,10H2,1-3H3,(H2,26,31). The van der Waals surface area contributed by atoms with Crippen LogP contribution >= 0.6 is 11.3 Å². The Kier molecular flexibility index (Phi) is 7.93. The van der Waals surface area contributed by atoms with E-state index < -0.39 is 29.2 Å². The van der Waals surface area contributed by atoms with Crippen molar-refractivity contribution in [1.82, 2.24) is 9.97 Å². The van der Waals surface area contributed by atoms with Gasteiger partial charge in [0.05, 0.1) is 16.1 Å². The lowest BCUT2D eigenvalue weighted by Gasteiger charge is -2.30. The molecule has 180 valence electrons. The molecule has 1 unspecified atom stereocenters. The first-order valence-electron chi connectivity index (χ1n) is 10.7. The van der Waals surface area contributed by atoms with Crippen molar-refractivity contribution in [2.45, 2.75) is 58.0 Å². The SMILES string of the molecule is CC(=O)CCCCc1nc(C(C(=O)c2ncsc2-c2cccc(F)c2)C(C)(C)OC(N)=O)co1. The van der Waals surface area contributed by atoms with Crippen molar-refractivity contribution in [3.63, 3.8) is 0 Å². The largest absolute Gasteiger partial charge is 0.449 e.